The van der Waals surface area contributed by atoms with Crippen LogP contribution in [0.2, 0.25) is 0 Å². The summed E-state index contributed by atoms with van der Waals surface area (Å²) in [5.74, 6) is -0.764. The third-order valence-corrected chi connectivity index (χ3v) is 3.85. The Morgan fingerprint density at radius 2 is 2.13 bits per heavy atom. The number of carboxylic acid groups (broad SMARTS) is 1. The van der Waals surface area contributed by atoms with E-state index in [4.69, 9.17) is 9.84 Å². The minimum Gasteiger partial charge on any atom is -0.491 e. The third kappa shape index (κ3) is 4.45. The van der Waals surface area contributed by atoms with Crippen molar-refractivity contribution in [1.82, 2.24) is 4.90 Å². The summed E-state index contributed by atoms with van der Waals surface area (Å²) in [4.78, 5) is 25.0. The molecule has 2 N–H and O–H groups in total. The number of carbonyl (C=O) groups is 2. The van der Waals surface area contributed by atoms with Crippen LogP contribution in [-0.4, -0.2) is 51.8 Å². The summed E-state index contributed by atoms with van der Waals surface area (Å²) in [5, 5.41) is 19.2. The topological polar surface area (TPSA) is 87.1 Å². The average molecular weight is 321 g/mol. The van der Waals surface area contributed by atoms with E-state index >= 15 is 0 Å². The van der Waals surface area contributed by atoms with Crippen LogP contribution in [0.4, 0.5) is 0 Å². The zero-order valence-corrected chi connectivity index (χ0v) is 13.5. The van der Waals surface area contributed by atoms with Crippen molar-refractivity contribution in [2.75, 3.05) is 13.1 Å². The number of amides is 1. The SMILES string of the molecule is CC(C)Oc1cccc(CC(=O)N2CCCC(O)(C(=O)O)C2)c1. The van der Waals surface area contributed by atoms with Crippen molar-refractivity contribution in [2.45, 2.75) is 44.8 Å². The Morgan fingerprint density at radius 1 is 1.39 bits per heavy atom. The highest BCUT2D eigenvalue weighted by Gasteiger charge is 2.41. The number of carbonyl (C=O) groups excluding carboxylic acids is 1. The number of aliphatic carboxylic acids is 1. The highest BCUT2D eigenvalue weighted by Crippen LogP contribution is 2.23. The molecule has 0 aromatic heterocycles. The smallest absolute Gasteiger partial charge is 0.337 e. The lowest BCUT2D eigenvalue weighted by atomic mass is 9.92. The van der Waals surface area contributed by atoms with Crippen LogP contribution in [0.25, 0.3) is 0 Å². The van der Waals surface area contributed by atoms with Crippen LogP contribution in [0.3, 0.4) is 0 Å². The lowest BCUT2D eigenvalue weighted by Crippen LogP contribution is -2.55. The van der Waals surface area contributed by atoms with Crippen LogP contribution in [0.5, 0.6) is 5.75 Å². The fraction of sp³-hybridized carbons (Fsp3) is 0.529. The van der Waals surface area contributed by atoms with Gasteiger partial charge in [-0.15, -0.1) is 0 Å². The average Bonchev–Trinajstić information content (AvgIpc) is 2.46. The van der Waals surface area contributed by atoms with Gasteiger partial charge in [0.1, 0.15) is 5.75 Å². The molecule has 6 nitrogen and oxygen atoms in total. The highest BCUT2D eigenvalue weighted by atomic mass is 16.5. The van der Waals surface area contributed by atoms with Crippen LogP contribution in [0.1, 0.15) is 32.3 Å². The second-order valence-corrected chi connectivity index (χ2v) is 6.25. The Morgan fingerprint density at radius 3 is 2.78 bits per heavy atom. The van der Waals surface area contributed by atoms with Gasteiger partial charge < -0.3 is 19.8 Å². The fourth-order valence-electron chi connectivity index (χ4n) is 2.71. The molecular weight excluding hydrogens is 298 g/mol. The van der Waals surface area contributed by atoms with Crippen LogP contribution < -0.4 is 4.74 Å². The molecule has 0 radical (unpaired) electrons. The van der Waals surface area contributed by atoms with Gasteiger partial charge in [0.15, 0.2) is 5.60 Å². The first-order valence-electron chi connectivity index (χ1n) is 7.79. The van der Waals surface area contributed by atoms with Crippen LogP contribution in [-0.2, 0) is 16.0 Å². The quantitative estimate of drug-likeness (QED) is 0.857. The van der Waals surface area contributed by atoms with Crippen molar-refractivity contribution in [2.24, 2.45) is 0 Å². The molecule has 0 bridgehead atoms. The second-order valence-electron chi connectivity index (χ2n) is 6.25. The number of aliphatic hydroxyl groups is 1. The van der Waals surface area contributed by atoms with Crippen LogP contribution in [0.15, 0.2) is 24.3 Å². The zero-order chi connectivity index (χ0) is 17.0. The molecule has 1 aromatic carbocycles. The minimum absolute atomic E-state index is 0.0496. The normalized spacial score (nSPS) is 21.3. The molecule has 1 amide bonds. The Bertz CT molecular complexity index is 586. The van der Waals surface area contributed by atoms with Gasteiger partial charge in [-0.2, -0.15) is 0 Å². The molecule has 0 saturated carbocycles. The zero-order valence-electron chi connectivity index (χ0n) is 13.5. The monoisotopic (exact) mass is 321 g/mol. The van der Waals surface area contributed by atoms with Gasteiger partial charge in [0, 0.05) is 6.54 Å². The van der Waals surface area contributed by atoms with E-state index < -0.39 is 11.6 Å². The van der Waals surface area contributed by atoms with E-state index in [0.717, 1.165) is 5.56 Å². The Hall–Kier alpha value is -2.08. The van der Waals surface area contributed by atoms with Crippen molar-refractivity contribution < 1.29 is 24.5 Å². The lowest BCUT2D eigenvalue weighted by molar-refractivity contribution is -0.166. The summed E-state index contributed by atoms with van der Waals surface area (Å²) in [6.45, 7) is 4.16. The maximum Gasteiger partial charge on any atom is 0.337 e. The molecule has 1 aliphatic heterocycles. The summed E-state index contributed by atoms with van der Waals surface area (Å²) >= 11 is 0. The van der Waals surface area contributed by atoms with Crippen LogP contribution in [0, 0.1) is 0 Å². The summed E-state index contributed by atoms with van der Waals surface area (Å²) in [7, 11) is 0. The van der Waals surface area contributed by atoms with Crippen molar-refractivity contribution in [3.05, 3.63) is 29.8 Å². The Balaban J connectivity index is 2.03. The van der Waals surface area contributed by atoms with Crippen LogP contribution >= 0.6 is 0 Å². The van der Waals surface area contributed by atoms with E-state index in [1.54, 1.807) is 0 Å². The third-order valence-electron chi connectivity index (χ3n) is 3.85. The van der Waals surface area contributed by atoms with Gasteiger partial charge in [0.2, 0.25) is 5.91 Å². The van der Waals surface area contributed by atoms with Crippen molar-refractivity contribution in [1.29, 1.82) is 0 Å². The first kappa shape index (κ1) is 17.3. The van der Waals surface area contributed by atoms with Gasteiger partial charge in [-0.3, -0.25) is 4.79 Å². The molecule has 1 fully saturated rings. The number of carboxylic acids is 1. The number of benzene rings is 1. The maximum atomic E-state index is 12.4. The van der Waals surface area contributed by atoms with E-state index in [-0.39, 0.29) is 31.4 Å². The molecule has 1 aromatic rings. The van der Waals surface area contributed by atoms with E-state index in [0.29, 0.717) is 18.7 Å². The predicted molar refractivity (Wildman–Crippen MR) is 84.3 cm³/mol. The fourth-order valence-corrected chi connectivity index (χ4v) is 2.71. The van der Waals surface area contributed by atoms with Crippen molar-refractivity contribution >= 4 is 11.9 Å². The van der Waals surface area contributed by atoms with E-state index in [1.807, 2.05) is 38.1 Å². The largest absolute Gasteiger partial charge is 0.491 e. The van der Waals surface area contributed by atoms with E-state index in [9.17, 15) is 14.7 Å². The van der Waals surface area contributed by atoms with Crippen molar-refractivity contribution in [3.63, 3.8) is 0 Å². The van der Waals surface area contributed by atoms with Gasteiger partial charge in [-0.05, 0) is 44.4 Å². The number of hydrogen-bond acceptors (Lipinski definition) is 4. The summed E-state index contributed by atoms with van der Waals surface area (Å²) in [5.41, 5.74) is -1.03. The number of ether oxygens (including phenoxy) is 1. The van der Waals surface area contributed by atoms with Gasteiger partial charge >= 0.3 is 5.97 Å². The first-order chi connectivity index (χ1) is 10.8. The number of hydrogen-bond donors (Lipinski definition) is 2. The van der Waals surface area contributed by atoms with E-state index in [2.05, 4.69) is 0 Å². The van der Waals surface area contributed by atoms with Gasteiger partial charge in [-0.25, -0.2) is 4.79 Å². The molecule has 6 heteroatoms. The maximum absolute atomic E-state index is 12.4. The van der Waals surface area contributed by atoms with Gasteiger partial charge in [-0.1, -0.05) is 12.1 Å². The number of piperidine rings is 1. The first-order valence-corrected chi connectivity index (χ1v) is 7.79. The molecule has 126 valence electrons. The molecule has 1 atom stereocenters. The molecule has 1 unspecified atom stereocenters. The van der Waals surface area contributed by atoms with Gasteiger partial charge in [0.05, 0.1) is 19.1 Å². The number of nitrogens with zero attached hydrogens (tertiary/aromatic N) is 1. The van der Waals surface area contributed by atoms with E-state index in [1.165, 1.54) is 4.90 Å². The molecule has 2 rings (SSSR count). The minimum atomic E-state index is -1.84. The predicted octanol–water partition coefficient (Wildman–Crippen LogP) is 1.45. The number of rotatable bonds is 5. The summed E-state index contributed by atoms with van der Waals surface area (Å²) < 4.78 is 5.60. The summed E-state index contributed by atoms with van der Waals surface area (Å²) in [6, 6.07) is 7.30. The second kappa shape index (κ2) is 7.00. The number of β-amino-alcohol motifs (C(OH)–C–C–N with tert-alkyl or cyclic N) is 1. The highest BCUT2D eigenvalue weighted by molar-refractivity contribution is 5.82. The Kier molecular flexibility index (Phi) is 5.26. The molecular formula is C17H23NO5. The molecule has 1 saturated heterocycles. The molecule has 0 aliphatic carbocycles. The van der Waals surface area contributed by atoms with Crippen molar-refractivity contribution in [3.8, 4) is 5.75 Å². The van der Waals surface area contributed by atoms with Gasteiger partial charge in [0.25, 0.3) is 0 Å². The lowest BCUT2D eigenvalue weighted by Gasteiger charge is -2.36. The Labute approximate surface area is 135 Å². The standard InChI is InChI=1S/C17H23NO5/c1-12(2)23-14-6-3-5-13(9-14)10-15(19)18-8-4-7-17(22,11-18)16(20)21/h3,5-6,9,12,22H,4,7-8,10-11H2,1-2H3,(H,20,21). The number of likely N-dealkylation sites (tertiary alicyclic amines) is 1. The molecule has 1 aliphatic rings. The summed E-state index contributed by atoms with van der Waals surface area (Å²) in [6.07, 6.45) is 0.855. The molecule has 1 heterocycles. The molecule has 0 spiro atoms. The molecule has 23 heavy (non-hydrogen) atoms.